The number of nitro groups is 1. The van der Waals surface area contributed by atoms with Crippen molar-refractivity contribution in [2.24, 2.45) is 0 Å². The Morgan fingerprint density at radius 2 is 1.91 bits per heavy atom. The van der Waals surface area contributed by atoms with E-state index in [0.29, 0.717) is 26.9 Å². The first-order valence-corrected chi connectivity index (χ1v) is 10.7. The van der Waals surface area contributed by atoms with Crippen molar-refractivity contribution < 1.29 is 14.5 Å². The van der Waals surface area contributed by atoms with Crippen molar-refractivity contribution in [1.29, 1.82) is 0 Å². The molecule has 1 N–H and O–H groups in total. The summed E-state index contributed by atoms with van der Waals surface area (Å²) in [6, 6.07) is 15.9. The van der Waals surface area contributed by atoms with Crippen molar-refractivity contribution in [3.63, 3.8) is 0 Å². The molecule has 0 atom stereocenters. The molecule has 0 saturated carbocycles. The highest BCUT2D eigenvalue weighted by Gasteiger charge is 2.34. The van der Waals surface area contributed by atoms with Crippen LogP contribution in [-0.2, 0) is 4.79 Å². The molecule has 1 aliphatic heterocycles. The molecule has 0 radical (unpaired) electrons. The highest BCUT2D eigenvalue weighted by atomic mass is 35.5. The molecule has 0 spiro atoms. The van der Waals surface area contributed by atoms with Crippen LogP contribution >= 0.6 is 35.6 Å². The van der Waals surface area contributed by atoms with Crippen molar-refractivity contribution in [3.8, 4) is 5.69 Å². The van der Waals surface area contributed by atoms with Gasteiger partial charge in [0.05, 0.1) is 15.5 Å². The largest absolute Gasteiger partial charge is 0.317 e. The standard InChI is InChI=1S/C21H13ClN4O4S2/c22-14-8-6-13(7-9-14)19(27)23-25-20(28)18(32-21(25)31)12-16-5-2-10-24(16)15-3-1-4-17(11-15)26(29)30/h1-12H,(H,23,27)/b18-12-. The number of benzene rings is 2. The minimum atomic E-state index is -0.501. The fourth-order valence-corrected chi connectivity index (χ4v) is 4.26. The number of hydrazine groups is 1. The van der Waals surface area contributed by atoms with Gasteiger partial charge >= 0.3 is 0 Å². The monoisotopic (exact) mass is 484 g/mol. The summed E-state index contributed by atoms with van der Waals surface area (Å²) in [4.78, 5) is 36.2. The number of carbonyl (C=O) groups is 2. The van der Waals surface area contributed by atoms with Crippen molar-refractivity contribution in [2.75, 3.05) is 0 Å². The van der Waals surface area contributed by atoms with Crippen LogP contribution in [0.3, 0.4) is 0 Å². The van der Waals surface area contributed by atoms with Crippen LogP contribution in [0.5, 0.6) is 0 Å². The molecule has 0 bridgehead atoms. The summed E-state index contributed by atoms with van der Waals surface area (Å²) in [6.07, 6.45) is 3.35. The number of rotatable bonds is 5. The number of nitrogens with zero attached hydrogens (tertiary/aromatic N) is 3. The Labute approximate surface area is 196 Å². The lowest BCUT2D eigenvalue weighted by molar-refractivity contribution is -0.384. The Balaban J connectivity index is 1.57. The number of thioether (sulfide) groups is 1. The zero-order valence-electron chi connectivity index (χ0n) is 16.1. The molecule has 2 amide bonds. The molecule has 160 valence electrons. The maximum atomic E-state index is 12.9. The van der Waals surface area contributed by atoms with Gasteiger partial charge in [-0.05, 0) is 60.8 Å². The van der Waals surface area contributed by atoms with Gasteiger partial charge in [0.1, 0.15) is 0 Å². The average molecular weight is 485 g/mol. The molecular weight excluding hydrogens is 472 g/mol. The first-order chi connectivity index (χ1) is 15.3. The molecule has 2 heterocycles. The van der Waals surface area contributed by atoms with Crippen LogP contribution in [0.25, 0.3) is 11.8 Å². The number of hydrogen-bond donors (Lipinski definition) is 1. The molecule has 0 unspecified atom stereocenters. The fraction of sp³-hybridized carbons (Fsp3) is 0. The van der Waals surface area contributed by atoms with Crippen LogP contribution in [0.2, 0.25) is 5.02 Å². The summed E-state index contributed by atoms with van der Waals surface area (Å²) in [5, 5.41) is 12.6. The summed E-state index contributed by atoms with van der Waals surface area (Å²) < 4.78 is 1.89. The quantitative estimate of drug-likeness (QED) is 0.246. The highest BCUT2D eigenvalue weighted by Crippen LogP contribution is 2.32. The summed E-state index contributed by atoms with van der Waals surface area (Å²) in [6.45, 7) is 0. The fourth-order valence-electron chi connectivity index (χ4n) is 2.97. The number of aromatic nitrogens is 1. The second-order valence-corrected chi connectivity index (χ2v) is 8.66. The Bertz CT molecular complexity index is 1290. The minimum Gasteiger partial charge on any atom is -0.317 e. The van der Waals surface area contributed by atoms with E-state index in [-0.39, 0.29) is 10.0 Å². The first kappa shape index (κ1) is 21.8. The SMILES string of the molecule is O=C(NN1C(=O)/C(=C/c2cccn2-c2cccc([N+](=O)[O-])c2)SC1=S)c1ccc(Cl)cc1. The Morgan fingerprint density at radius 3 is 2.62 bits per heavy atom. The maximum Gasteiger partial charge on any atom is 0.285 e. The molecule has 4 rings (SSSR count). The van der Waals surface area contributed by atoms with Gasteiger partial charge in [0.2, 0.25) is 0 Å². The van der Waals surface area contributed by atoms with Gasteiger partial charge in [-0.15, -0.1) is 0 Å². The van der Waals surface area contributed by atoms with Gasteiger partial charge in [-0.1, -0.05) is 29.4 Å². The molecule has 2 aromatic carbocycles. The molecule has 32 heavy (non-hydrogen) atoms. The van der Waals surface area contributed by atoms with Crippen LogP contribution in [0.4, 0.5) is 5.69 Å². The van der Waals surface area contributed by atoms with Crippen molar-refractivity contribution in [1.82, 2.24) is 15.0 Å². The number of halogens is 1. The lowest BCUT2D eigenvalue weighted by atomic mass is 10.2. The van der Waals surface area contributed by atoms with E-state index in [2.05, 4.69) is 5.43 Å². The summed E-state index contributed by atoms with van der Waals surface area (Å²) in [5.41, 5.74) is 3.98. The van der Waals surface area contributed by atoms with E-state index in [0.717, 1.165) is 16.8 Å². The van der Waals surface area contributed by atoms with Crippen molar-refractivity contribution in [2.45, 2.75) is 0 Å². The summed E-state index contributed by atoms with van der Waals surface area (Å²) in [5.74, 6) is -0.978. The predicted octanol–water partition coefficient (Wildman–Crippen LogP) is 4.59. The maximum absolute atomic E-state index is 12.9. The highest BCUT2D eigenvalue weighted by molar-refractivity contribution is 8.26. The van der Waals surface area contributed by atoms with E-state index >= 15 is 0 Å². The lowest BCUT2D eigenvalue weighted by Gasteiger charge is -2.15. The van der Waals surface area contributed by atoms with Crippen LogP contribution in [0, 0.1) is 10.1 Å². The predicted molar refractivity (Wildman–Crippen MR) is 126 cm³/mol. The van der Waals surface area contributed by atoms with E-state index in [9.17, 15) is 19.7 Å². The van der Waals surface area contributed by atoms with Gasteiger partial charge in [-0.25, -0.2) is 0 Å². The van der Waals surface area contributed by atoms with Crippen LogP contribution in [-0.4, -0.2) is 30.6 Å². The number of non-ortho nitro benzene ring substituents is 1. The van der Waals surface area contributed by atoms with E-state index < -0.39 is 16.7 Å². The number of carbonyl (C=O) groups excluding carboxylic acids is 2. The van der Waals surface area contributed by atoms with Gasteiger partial charge in [-0.2, -0.15) is 5.01 Å². The number of nitro benzene ring substituents is 1. The van der Waals surface area contributed by atoms with Gasteiger partial charge in [0, 0.05) is 34.6 Å². The van der Waals surface area contributed by atoms with Gasteiger partial charge in [0.15, 0.2) is 4.32 Å². The molecule has 11 heteroatoms. The minimum absolute atomic E-state index is 0.0432. The van der Waals surface area contributed by atoms with Crippen LogP contribution in [0.1, 0.15) is 16.1 Å². The van der Waals surface area contributed by atoms with Gasteiger partial charge in [0.25, 0.3) is 17.5 Å². The number of amides is 2. The lowest BCUT2D eigenvalue weighted by Crippen LogP contribution is -2.44. The van der Waals surface area contributed by atoms with Gasteiger partial charge in [-0.3, -0.25) is 25.1 Å². The second kappa shape index (κ2) is 8.95. The zero-order valence-corrected chi connectivity index (χ0v) is 18.5. The third kappa shape index (κ3) is 4.42. The molecule has 0 aliphatic carbocycles. The Morgan fingerprint density at radius 1 is 1.16 bits per heavy atom. The number of nitrogens with one attached hydrogen (secondary N) is 1. The van der Waals surface area contributed by atoms with E-state index in [1.165, 1.54) is 24.3 Å². The Kier molecular flexibility index (Phi) is 6.08. The Hall–Kier alpha value is -3.47. The van der Waals surface area contributed by atoms with E-state index in [4.69, 9.17) is 23.8 Å². The van der Waals surface area contributed by atoms with Crippen LogP contribution < -0.4 is 5.43 Å². The smallest absolute Gasteiger partial charge is 0.285 e. The molecule has 1 aromatic heterocycles. The molecule has 1 fully saturated rings. The first-order valence-electron chi connectivity index (χ1n) is 9.10. The van der Waals surface area contributed by atoms with Crippen molar-refractivity contribution >= 4 is 63.5 Å². The van der Waals surface area contributed by atoms with Crippen molar-refractivity contribution in [3.05, 3.63) is 98.2 Å². The second-order valence-electron chi connectivity index (χ2n) is 6.54. The molecule has 1 saturated heterocycles. The van der Waals surface area contributed by atoms with E-state index in [1.807, 2.05) is 0 Å². The molecular formula is C21H13ClN4O4S2. The number of thiocarbonyl (C=S) groups is 1. The topological polar surface area (TPSA) is 97.5 Å². The third-order valence-corrected chi connectivity index (χ3v) is 6.05. The van der Waals surface area contributed by atoms with E-state index in [1.54, 1.807) is 53.2 Å². The summed E-state index contributed by atoms with van der Waals surface area (Å²) in [7, 11) is 0. The third-order valence-electron chi connectivity index (χ3n) is 4.49. The zero-order chi connectivity index (χ0) is 22.8. The normalized spacial score (nSPS) is 14.8. The summed E-state index contributed by atoms with van der Waals surface area (Å²) >= 11 is 12.1. The average Bonchev–Trinajstić information content (AvgIpc) is 3.34. The molecule has 1 aliphatic rings. The van der Waals surface area contributed by atoms with Crippen LogP contribution in [0.15, 0.2) is 71.8 Å². The number of hydrogen-bond acceptors (Lipinski definition) is 6. The molecule has 8 nitrogen and oxygen atoms in total. The molecule has 3 aromatic rings. The van der Waals surface area contributed by atoms with Gasteiger partial charge < -0.3 is 4.57 Å².